The molecule has 0 fully saturated rings. The molecule has 0 saturated carbocycles. The summed E-state index contributed by atoms with van der Waals surface area (Å²) in [5.74, 6) is 0. The molecule has 3 heteroatoms. The molecule has 0 aliphatic rings. The second-order valence-corrected chi connectivity index (χ2v) is 4.26. The predicted molar refractivity (Wildman–Crippen MR) is 63.8 cm³/mol. The normalized spacial score (nSPS) is 14.1. The quantitative estimate of drug-likeness (QED) is 0.792. The minimum absolute atomic E-state index is 0.573. The molecule has 2 N–H and O–H groups in total. The second-order valence-electron chi connectivity index (χ2n) is 4.26. The molecule has 1 aromatic rings. The van der Waals surface area contributed by atoms with Crippen LogP contribution in [0.15, 0.2) is 24.3 Å². The van der Waals surface area contributed by atoms with E-state index in [1.165, 1.54) is 0 Å². The summed E-state index contributed by atoms with van der Waals surface area (Å²) in [6.07, 6.45) is 0.730. The third kappa shape index (κ3) is 4.01. The van der Waals surface area contributed by atoms with Gasteiger partial charge in [-0.1, -0.05) is 19.1 Å². The van der Waals surface area contributed by atoms with Gasteiger partial charge in [0.15, 0.2) is 0 Å². The number of nitrogens with zero attached hydrogens (tertiary/aromatic N) is 1. The first-order valence-electron chi connectivity index (χ1n) is 5.49. The Morgan fingerprint density at radius 2 is 2.00 bits per heavy atom. The highest BCUT2D eigenvalue weighted by Crippen LogP contribution is 2.07. The van der Waals surface area contributed by atoms with Gasteiger partial charge in [0, 0.05) is 13.1 Å². The van der Waals surface area contributed by atoms with Crippen LogP contribution in [0.5, 0.6) is 0 Å². The monoisotopic (exact) mass is 218 g/mol. The molecule has 1 atom stereocenters. The summed E-state index contributed by atoms with van der Waals surface area (Å²) in [7, 11) is 0. The van der Waals surface area contributed by atoms with E-state index in [9.17, 15) is 5.11 Å². The van der Waals surface area contributed by atoms with Gasteiger partial charge in [0.1, 0.15) is 0 Å². The Morgan fingerprint density at radius 1 is 1.38 bits per heavy atom. The van der Waals surface area contributed by atoms with Crippen LogP contribution in [-0.2, 0) is 6.54 Å². The van der Waals surface area contributed by atoms with Gasteiger partial charge in [-0.3, -0.25) is 0 Å². The van der Waals surface area contributed by atoms with Crippen LogP contribution in [-0.4, -0.2) is 17.3 Å². The Hall–Kier alpha value is -1.37. The molecular weight excluding hydrogens is 200 g/mol. The zero-order chi connectivity index (χ0) is 12.0. The average Bonchev–Trinajstić information content (AvgIpc) is 2.30. The number of nitriles is 1. The Balaban J connectivity index is 2.41. The van der Waals surface area contributed by atoms with E-state index in [2.05, 4.69) is 11.4 Å². The fraction of sp³-hybridized carbons (Fsp3) is 0.462. The highest BCUT2D eigenvalue weighted by atomic mass is 16.3. The van der Waals surface area contributed by atoms with Crippen LogP contribution in [0, 0.1) is 11.3 Å². The molecule has 1 rings (SSSR count). The van der Waals surface area contributed by atoms with E-state index in [0.29, 0.717) is 18.7 Å². The van der Waals surface area contributed by atoms with Crippen LogP contribution < -0.4 is 5.32 Å². The number of nitrogens with one attached hydrogen (secondary N) is 1. The maximum atomic E-state index is 9.78. The van der Waals surface area contributed by atoms with Crippen molar-refractivity contribution >= 4 is 0 Å². The van der Waals surface area contributed by atoms with E-state index in [1.807, 2.05) is 26.0 Å². The summed E-state index contributed by atoms with van der Waals surface area (Å²) < 4.78 is 0. The van der Waals surface area contributed by atoms with Gasteiger partial charge in [-0.25, -0.2) is 0 Å². The number of rotatable bonds is 5. The van der Waals surface area contributed by atoms with Crippen molar-refractivity contribution in [3.05, 3.63) is 35.4 Å². The maximum absolute atomic E-state index is 9.78. The van der Waals surface area contributed by atoms with Crippen LogP contribution in [0.1, 0.15) is 31.4 Å². The van der Waals surface area contributed by atoms with Crippen molar-refractivity contribution < 1.29 is 5.11 Å². The van der Waals surface area contributed by atoms with Gasteiger partial charge in [-0.2, -0.15) is 5.26 Å². The molecule has 0 aliphatic carbocycles. The average molecular weight is 218 g/mol. The van der Waals surface area contributed by atoms with Crippen molar-refractivity contribution in [2.24, 2.45) is 0 Å². The van der Waals surface area contributed by atoms with Crippen molar-refractivity contribution in [1.82, 2.24) is 5.32 Å². The van der Waals surface area contributed by atoms with Gasteiger partial charge in [-0.15, -0.1) is 0 Å². The number of benzene rings is 1. The summed E-state index contributed by atoms with van der Waals surface area (Å²) in [5.41, 5.74) is 1.14. The van der Waals surface area contributed by atoms with E-state index >= 15 is 0 Å². The van der Waals surface area contributed by atoms with Gasteiger partial charge in [0.25, 0.3) is 0 Å². The van der Waals surface area contributed by atoms with Crippen molar-refractivity contribution in [3.63, 3.8) is 0 Å². The van der Waals surface area contributed by atoms with E-state index < -0.39 is 5.60 Å². The lowest BCUT2D eigenvalue weighted by molar-refractivity contribution is 0.0555. The van der Waals surface area contributed by atoms with E-state index in [0.717, 1.165) is 12.0 Å². The molecule has 3 nitrogen and oxygen atoms in total. The van der Waals surface area contributed by atoms with E-state index in [1.54, 1.807) is 12.1 Å². The van der Waals surface area contributed by atoms with Crippen LogP contribution >= 0.6 is 0 Å². The lowest BCUT2D eigenvalue weighted by Gasteiger charge is -2.21. The summed E-state index contributed by atoms with van der Waals surface area (Å²) in [6.45, 7) is 5.06. The fourth-order valence-corrected chi connectivity index (χ4v) is 1.30. The standard InChI is InChI=1S/C13H18N2O/c1-3-13(2,16)10-15-9-12-6-4-11(8-14)5-7-12/h4-7,15-16H,3,9-10H2,1-2H3. The van der Waals surface area contributed by atoms with Gasteiger partial charge in [0.05, 0.1) is 17.2 Å². The Labute approximate surface area is 96.7 Å². The topological polar surface area (TPSA) is 56.0 Å². The smallest absolute Gasteiger partial charge is 0.0991 e. The van der Waals surface area contributed by atoms with Gasteiger partial charge in [0.2, 0.25) is 0 Å². The largest absolute Gasteiger partial charge is 0.389 e. The first-order chi connectivity index (χ1) is 7.57. The first kappa shape index (κ1) is 12.7. The van der Waals surface area contributed by atoms with Gasteiger partial charge in [-0.05, 0) is 31.0 Å². The molecule has 0 spiro atoms. The fourth-order valence-electron chi connectivity index (χ4n) is 1.30. The molecule has 0 radical (unpaired) electrons. The third-order valence-corrected chi connectivity index (χ3v) is 2.68. The Bertz CT molecular complexity index is 363. The van der Waals surface area contributed by atoms with Crippen LogP contribution in [0.25, 0.3) is 0 Å². The Morgan fingerprint density at radius 3 is 2.50 bits per heavy atom. The van der Waals surface area contributed by atoms with E-state index in [4.69, 9.17) is 5.26 Å². The van der Waals surface area contributed by atoms with Crippen LogP contribution in [0.2, 0.25) is 0 Å². The molecule has 0 heterocycles. The SMILES string of the molecule is CCC(C)(O)CNCc1ccc(C#N)cc1. The van der Waals surface area contributed by atoms with Crippen molar-refractivity contribution in [2.75, 3.05) is 6.54 Å². The minimum Gasteiger partial charge on any atom is -0.389 e. The molecule has 16 heavy (non-hydrogen) atoms. The second kappa shape index (κ2) is 5.64. The highest BCUT2D eigenvalue weighted by Gasteiger charge is 2.15. The number of hydrogen-bond donors (Lipinski definition) is 2. The molecule has 0 amide bonds. The maximum Gasteiger partial charge on any atom is 0.0991 e. The predicted octanol–water partition coefficient (Wildman–Crippen LogP) is 1.81. The molecule has 86 valence electrons. The van der Waals surface area contributed by atoms with Crippen LogP contribution in [0.4, 0.5) is 0 Å². The van der Waals surface area contributed by atoms with Crippen molar-refractivity contribution in [3.8, 4) is 6.07 Å². The molecule has 0 aliphatic heterocycles. The molecule has 0 saturated heterocycles. The lowest BCUT2D eigenvalue weighted by Crippen LogP contribution is -2.36. The molecule has 1 aromatic carbocycles. The number of aliphatic hydroxyl groups is 1. The van der Waals surface area contributed by atoms with Crippen molar-refractivity contribution in [1.29, 1.82) is 5.26 Å². The summed E-state index contributed by atoms with van der Waals surface area (Å²) >= 11 is 0. The van der Waals surface area contributed by atoms with Gasteiger partial charge >= 0.3 is 0 Å². The molecule has 1 unspecified atom stereocenters. The van der Waals surface area contributed by atoms with Crippen molar-refractivity contribution in [2.45, 2.75) is 32.4 Å². The Kier molecular flexibility index (Phi) is 4.48. The zero-order valence-electron chi connectivity index (χ0n) is 9.83. The molecular formula is C13H18N2O. The molecule has 0 aromatic heterocycles. The molecule has 0 bridgehead atoms. The summed E-state index contributed by atoms with van der Waals surface area (Å²) in [6, 6.07) is 9.53. The summed E-state index contributed by atoms with van der Waals surface area (Å²) in [4.78, 5) is 0. The van der Waals surface area contributed by atoms with E-state index in [-0.39, 0.29) is 0 Å². The van der Waals surface area contributed by atoms with Gasteiger partial charge < -0.3 is 10.4 Å². The zero-order valence-corrected chi connectivity index (χ0v) is 9.83. The highest BCUT2D eigenvalue weighted by molar-refractivity contribution is 5.31. The first-order valence-corrected chi connectivity index (χ1v) is 5.49. The van der Waals surface area contributed by atoms with Crippen LogP contribution in [0.3, 0.4) is 0 Å². The number of hydrogen-bond acceptors (Lipinski definition) is 3. The lowest BCUT2D eigenvalue weighted by atomic mass is 10.0. The summed E-state index contributed by atoms with van der Waals surface area (Å²) in [5, 5.41) is 21.6. The minimum atomic E-state index is -0.646. The third-order valence-electron chi connectivity index (χ3n) is 2.68.